The average molecular weight is 360 g/mol. The molecule has 0 saturated heterocycles. The molecule has 2 atom stereocenters. The van der Waals surface area contributed by atoms with E-state index in [9.17, 15) is 14.7 Å². The van der Waals surface area contributed by atoms with Gasteiger partial charge in [0.25, 0.3) is 5.56 Å². The first-order chi connectivity index (χ1) is 12.5. The Balaban J connectivity index is 1.89. The lowest BCUT2D eigenvalue weighted by Gasteiger charge is -2.34. The first-order valence-corrected chi connectivity index (χ1v) is 9.93. The van der Waals surface area contributed by atoms with Crippen LogP contribution >= 0.6 is 0 Å². The Hall–Kier alpha value is -1.89. The van der Waals surface area contributed by atoms with Gasteiger partial charge in [-0.05, 0) is 43.9 Å². The van der Waals surface area contributed by atoms with Crippen molar-refractivity contribution in [2.75, 3.05) is 0 Å². The van der Waals surface area contributed by atoms with Crippen molar-refractivity contribution in [3.8, 4) is 0 Å². The molecular formula is C19H28N4O3. The molecule has 0 amide bonds. The van der Waals surface area contributed by atoms with Gasteiger partial charge in [-0.2, -0.15) is 0 Å². The van der Waals surface area contributed by atoms with Gasteiger partial charge in [-0.3, -0.25) is 13.9 Å². The van der Waals surface area contributed by atoms with Crippen LogP contribution < -0.4 is 11.2 Å². The zero-order valence-electron chi connectivity index (χ0n) is 15.6. The molecule has 0 radical (unpaired) electrons. The molecule has 2 aliphatic carbocycles. The predicted octanol–water partition coefficient (Wildman–Crippen LogP) is 2.10. The van der Waals surface area contributed by atoms with Crippen molar-refractivity contribution in [1.29, 1.82) is 0 Å². The molecule has 2 N–H and O–H groups in total. The summed E-state index contributed by atoms with van der Waals surface area (Å²) in [6.45, 7) is 4.83. The fourth-order valence-electron chi connectivity index (χ4n) is 5.01. The molecule has 7 heteroatoms. The summed E-state index contributed by atoms with van der Waals surface area (Å²) in [5.41, 5.74) is -0.929. The molecule has 2 aromatic heterocycles. The maximum atomic E-state index is 12.8. The van der Waals surface area contributed by atoms with Crippen LogP contribution in [0.5, 0.6) is 0 Å². The predicted molar refractivity (Wildman–Crippen MR) is 99.2 cm³/mol. The van der Waals surface area contributed by atoms with Crippen molar-refractivity contribution < 1.29 is 5.11 Å². The molecule has 0 spiro atoms. The number of aromatic nitrogens is 4. The number of nitrogens with zero attached hydrogens (tertiary/aromatic N) is 3. The van der Waals surface area contributed by atoms with Crippen LogP contribution in [0.1, 0.15) is 64.6 Å². The second-order valence-electron chi connectivity index (χ2n) is 8.16. The van der Waals surface area contributed by atoms with Crippen LogP contribution in [0.3, 0.4) is 0 Å². The molecule has 2 fully saturated rings. The van der Waals surface area contributed by atoms with E-state index in [1.54, 1.807) is 4.57 Å². The van der Waals surface area contributed by atoms with E-state index in [-0.39, 0.29) is 11.2 Å². The molecule has 4 rings (SSSR count). The lowest BCUT2D eigenvalue weighted by Crippen LogP contribution is -2.40. The van der Waals surface area contributed by atoms with Crippen LogP contribution in [0.2, 0.25) is 0 Å². The number of aromatic amines is 1. The number of hydrogen-bond acceptors (Lipinski definition) is 4. The smallest absolute Gasteiger partial charge is 0.332 e. The monoisotopic (exact) mass is 360 g/mol. The van der Waals surface area contributed by atoms with Gasteiger partial charge in [-0.25, -0.2) is 9.78 Å². The average Bonchev–Trinajstić information content (AvgIpc) is 3.20. The number of aliphatic hydroxyl groups is 1. The summed E-state index contributed by atoms with van der Waals surface area (Å²) in [4.78, 5) is 33.3. The van der Waals surface area contributed by atoms with E-state index < -0.39 is 5.60 Å². The van der Waals surface area contributed by atoms with E-state index in [0.717, 1.165) is 19.3 Å². The fourth-order valence-corrected chi connectivity index (χ4v) is 5.01. The van der Waals surface area contributed by atoms with Gasteiger partial charge < -0.3 is 10.1 Å². The van der Waals surface area contributed by atoms with E-state index >= 15 is 0 Å². The van der Waals surface area contributed by atoms with Gasteiger partial charge in [-0.1, -0.05) is 26.7 Å². The Morgan fingerprint density at radius 3 is 2.35 bits per heavy atom. The molecule has 2 saturated carbocycles. The minimum absolute atomic E-state index is 0.306. The Kier molecular flexibility index (Phi) is 4.29. The molecule has 7 nitrogen and oxygen atoms in total. The summed E-state index contributed by atoms with van der Waals surface area (Å²) in [6, 6.07) is 0. The first-order valence-electron chi connectivity index (χ1n) is 9.93. The molecule has 0 aliphatic heterocycles. The summed E-state index contributed by atoms with van der Waals surface area (Å²) < 4.78 is 2.86. The van der Waals surface area contributed by atoms with Crippen LogP contribution in [0.15, 0.2) is 9.59 Å². The summed E-state index contributed by atoms with van der Waals surface area (Å²) in [5.74, 6) is 1.52. The number of H-pyrrole nitrogens is 1. The van der Waals surface area contributed by atoms with E-state index in [4.69, 9.17) is 0 Å². The third-order valence-corrected chi connectivity index (χ3v) is 6.10. The van der Waals surface area contributed by atoms with Gasteiger partial charge in [0, 0.05) is 13.1 Å². The summed E-state index contributed by atoms with van der Waals surface area (Å²) in [6.07, 6.45) is 6.37. The Morgan fingerprint density at radius 2 is 1.73 bits per heavy atom. The quantitative estimate of drug-likeness (QED) is 0.854. The topological polar surface area (TPSA) is 92.9 Å². The van der Waals surface area contributed by atoms with E-state index in [1.165, 1.54) is 11.0 Å². The van der Waals surface area contributed by atoms with Crippen molar-refractivity contribution in [3.05, 3.63) is 26.7 Å². The van der Waals surface area contributed by atoms with Gasteiger partial charge in [-0.15, -0.1) is 0 Å². The third kappa shape index (κ3) is 2.64. The number of aryl methyl sites for hydroxylation is 1. The fraction of sp³-hybridized carbons (Fsp3) is 0.737. The van der Waals surface area contributed by atoms with Crippen molar-refractivity contribution in [2.24, 2.45) is 11.8 Å². The molecule has 2 aliphatic rings. The van der Waals surface area contributed by atoms with Crippen molar-refractivity contribution in [1.82, 2.24) is 19.1 Å². The van der Waals surface area contributed by atoms with Gasteiger partial charge in [0.05, 0.1) is 0 Å². The molecule has 2 bridgehead atoms. The van der Waals surface area contributed by atoms with E-state index in [0.29, 0.717) is 61.2 Å². The highest BCUT2D eigenvalue weighted by Crippen LogP contribution is 2.49. The number of rotatable bonds is 5. The zero-order valence-corrected chi connectivity index (χ0v) is 15.6. The normalized spacial score (nSPS) is 28.1. The van der Waals surface area contributed by atoms with Crippen molar-refractivity contribution >= 4 is 11.2 Å². The van der Waals surface area contributed by atoms with Crippen molar-refractivity contribution in [2.45, 2.75) is 77.5 Å². The highest BCUT2D eigenvalue weighted by Gasteiger charge is 2.45. The molecular weight excluding hydrogens is 332 g/mol. The second kappa shape index (κ2) is 6.37. The largest absolute Gasteiger partial charge is 0.382 e. The Bertz CT molecular complexity index is 927. The highest BCUT2D eigenvalue weighted by molar-refractivity contribution is 5.70. The van der Waals surface area contributed by atoms with Crippen LogP contribution in [0, 0.1) is 11.8 Å². The lowest BCUT2D eigenvalue weighted by atomic mass is 9.77. The molecule has 26 heavy (non-hydrogen) atoms. The van der Waals surface area contributed by atoms with Gasteiger partial charge >= 0.3 is 5.69 Å². The van der Waals surface area contributed by atoms with Crippen LogP contribution in [-0.4, -0.2) is 24.2 Å². The minimum atomic E-state index is -1.02. The molecule has 2 aromatic rings. The van der Waals surface area contributed by atoms with Gasteiger partial charge in [0.1, 0.15) is 16.9 Å². The summed E-state index contributed by atoms with van der Waals surface area (Å²) in [5, 5.41) is 11.3. The standard InChI is InChI=1S/C19H28N4O3/c1-3-7-22-15-14(16(24)23(8-4-2)18(22)25)20-17(21-15)19(26)10-12-5-6-13(9-12)11-19/h12-13,26H,3-11H2,1-2H3,(H,20,21). The number of fused-ring (bicyclic) bond motifs is 3. The van der Waals surface area contributed by atoms with Gasteiger partial charge in [0.2, 0.25) is 0 Å². The number of hydrogen-bond donors (Lipinski definition) is 2. The maximum Gasteiger partial charge on any atom is 0.332 e. The Morgan fingerprint density at radius 1 is 1.12 bits per heavy atom. The van der Waals surface area contributed by atoms with Crippen molar-refractivity contribution in [3.63, 3.8) is 0 Å². The van der Waals surface area contributed by atoms with Crippen LogP contribution in [0.4, 0.5) is 0 Å². The number of imidazole rings is 1. The van der Waals surface area contributed by atoms with Crippen LogP contribution in [-0.2, 0) is 18.7 Å². The van der Waals surface area contributed by atoms with Gasteiger partial charge in [0.15, 0.2) is 5.65 Å². The summed E-state index contributed by atoms with van der Waals surface area (Å²) >= 11 is 0. The zero-order chi connectivity index (χ0) is 18.5. The third-order valence-electron chi connectivity index (χ3n) is 6.10. The second-order valence-corrected chi connectivity index (χ2v) is 8.16. The lowest BCUT2D eigenvalue weighted by molar-refractivity contribution is -0.0322. The highest BCUT2D eigenvalue weighted by atomic mass is 16.3. The molecule has 2 unspecified atom stereocenters. The summed E-state index contributed by atoms with van der Waals surface area (Å²) in [7, 11) is 0. The van der Waals surface area contributed by atoms with E-state index in [2.05, 4.69) is 9.97 Å². The molecule has 2 heterocycles. The molecule has 0 aromatic carbocycles. The number of nitrogens with one attached hydrogen (secondary N) is 1. The first kappa shape index (κ1) is 17.5. The minimum Gasteiger partial charge on any atom is -0.382 e. The molecule has 142 valence electrons. The SMILES string of the molecule is CCCn1c(=O)c2[nH]c(C3(O)CC4CCC(C4)C3)nc2n(CCC)c1=O. The van der Waals surface area contributed by atoms with E-state index in [1.807, 2.05) is 13.8 Å². The Labute approximate surface area is 152 Å². The van der Waals surface area contributed by atoms with Crippen LogP contribution in [0.25, 0.3) is 11.2 Å². The maximum absolute atomic E-state index is 12.8.